The highest BCUT2D eigenvalue weighted by Crippen LogP contribution is 2.23. The number of urea groups is 1. The van der Waals surface area contributed by atoms with Gasteiger partial charge in [0, 0.05) is 6.54 Å². The van der Waals surface area contributed by atoms with Crippen LogP contribution in [-0.4, -0.2) is 35.2 Å². The van der Waals surface area contributed by atoms with E-state index in [1.165, 1.54) is 16.7 Å². The lowest BCUT2D eigenvalue weighted by Gasteiger charge is -2.16. The van der Waals surface area contributed by atoms with Crippen molar-refractivity contribution in [2.45, 2.75) is 35.2 Å². The number of carbonyl (C=O) groups excluding carboxylic acids is 2. The number of hydrogen-bond acceptors (Lipinski definition) is 7. The number of rotatable bonds is 7. The van der Waals surface area contributed by atoms with E-state index in [4.69, 9.17) is 10.9 Å². The van der Waals surface area contributed by atoms with E-state index in [1.807, 2.05) is 5.32 Å². The molecule has 1 aromatic heterocycles. The molecule has 168 valence electrons. The average molecular weight is 476 g/mol. The van der Waals surface area contributed by atoms with E-state index in [1.54, 1.807) is 43.3 Å². The van der Waals surface area contributed by atoms with Gasteiger partial charge >= 0.3 is 6.03 Å². The van der Waals surface area contributed by atoms with Crippen LogP contribution < -0.4 is 21.7 Å². The van der Waals surface area contributed by atoms with Gasteiger partial charge in [0.25, 0.3) is 5.56 Å². The number of benzene rings is 2. The number of amides is 3. The summed E-state index contributed by atoms with van der Waals surface area (Å²) in [6.45, 7) is 1.80. The Labute approximate surface area is 188 Å². The highest BCUT2D eigenvalue weighted by molar-refractivity contribution is 8.00. The number of aromatic nitrogens is 2. The topological polar surface area (TPSA) is 167 Å². The van der Waals surface area contributed by atoms with Gasteiger partial charge in [0.15, 0.2) is 5.16 Å². The summed E-state index contributed by atoms with van der Waals surface area (Å²) in [5.41, 5.74) is 6.00. The van der Waals surface area contributed by atoms with Gasteiger partial charge in [-0.3, -0.25) is 19.5 Å². The van der Waals surface area contributed by atoms with E-state index in [9.17, 15) is 22.8 Å². The van der Waals surface area contributed by atoms with Crippen molar-refractivity contribution in [1.82, 2.24) is 14.9 Å². The van der Waals surface area contributed by atoms with Crippen molar-refractivity contribution in [1.29, 1.82) is 0 Å². The summed E-state index contributed by atoms with van der Waals surface area (Å²) in [6.07, 6.45) is 0.403. The molecule has 3 aromatic rings. The first-order valence-electron chi connectivity index (χ1n) is 9.44. The van der Waals surface area contributed by atoms with Crippen molar-refractivity contribution in [2.75, 3.05) is 0 Å². The van der Waals surface area contributed by atoms with Crippen LogP contribution in [0.1, 0.15) is 12.5 Å². The molecular formula is C20H21N5O5S2. The maximum absolute atomic E-state index is 13.1. The third-order valence-electron chi connectivity index (χ3n) is 4.60. The van der Waals surface area contributed by atoms with Crippen LogP contribution in [0.5, 0.6) is 0 Å². The average Bonchev–Trinajstić information content (AvgIpc) is 2.72. The predicted octanol–water partition coefficient (Wildman–Crippen LogP) is 0.962. The van der Waals surface area contributed by atoms with Gasteiger partial charge in [0.05, 0.1) is 21.0 Å². The fraction of sp³-hybridized carbons (Fsp3) is 0.200. The number of aryl methyl sites for hydroxylation is 1. The zero-order valence-electron chi connectivity index (χ0n) is 17.0. The Morgan fingerprint density at radius 1 is 1.16 bits per heavy atom. The van der Waals surface area contributed by atoms with Gasteiger partial charge in [0.1, 0.15) is 0 Å². The fourth-order valence-corrected chi connectivity index (χ4v) is 4.41. The smallest absolute Gasteiger partial charge is 0.318 e. The summed E-state index contributed by atoms with van der Waals surface area (Å²) < 4.78 is 24.3. The Morgan fingerprint density at radius 2 is 1.81 bits per heavy atom. The maximum Gasteiger partial charge on any atom is 0.318 e. The number of sulfonamides is 1. The number of primary sulfonamides is 1. The minimum Gasteiger partial charge on any atom is -0.351 e. The first kappa shape index (κ1) is 23.4. The van der Waals surface area contributed by atoms with E-state index in [-0.39, 0.29) is 17.0 Å². The van der Waals surface area contributed by atoms with Gasteiger partial charge in [-0.2, -0.15) is 0 Å². The lowest BCUT2D eigenvalue weighted by atomic mass is 10.1. The SMILES string of the molecule is C[C@@H](Sc1nc2ccccc2c(=O)n1CCc1ccc(S(N)(=O)=O)cc1)C(=O)NC(N)=O. The molecule has 0 radical (unpaired) electrons. The van der Waals surface area contributed by atoms with Crippen LogP contribution >= 0.6 is 11.8 Å². The molecular weight excluding hydrogens is 454 g/mol. The molecule has 0 unspecified atom stereocenters. The predicted molar refractivity (Wildman–Crippen MR) is 121 cm³/mol. The molecule has 3 amide bonds. The lowest BCUT2D eigenvalue weighted by Crippen LogP contribution is -2.39. The minimum absolute atomic E-state index is 0.00341. The summed E-state index contributed by atoms with van der Waals surface area (Å²) in [5.74, 6) is -0.602. The normalized spacial score (nSPS) is 12.4. The molecule has 10 nitrogen and oxygen atoms in total. The summed E-state index contributed by atoms with van der Waals surface area (Å²) >= 11 is 1.03. The largest absolute Gasteiger partial charge is 0.351 e. The van der Waals surface area contributed by atoms with Crippen molar-refractivity contribution in [3.8, 4) is 0 Å². The first-order chi connectivity index (χ1) is 15.1. The second-order valence-corrected chi connectivity index (χ2v) is 9.79. The molecule has 0 spiro atoms. The van der Waals surface area contributed by atoms with E-state index in [0.717, 1.165) is 17.3 Å². The third-order valence-corrected chi connectivity index (χ3v) is 6.62. The third kappa shape index (κ3) is 5.52. The molecule has 0 saturated heterocycles. The molecule has 0 aliphatic heterocycles. The molecule has 0 fully saturated rings. The summed E-state index contributed by atoms with van der Waals surface area (Å²) in [7, 11) is -3.79. The quantitative estimate of drug-likeness (QED) is 0.338. The van der Waals surface area contributed by atoms with Crippen LogP contribution in [-0.2, 0) is 27.8 Å². The highest BCUT2D eigenvalue weighted by atomic mass is 32.2. The molecule has 1 atom stereocenters. The van der Waals surface area contributed by atoms with Crippen molar-refractivity contribution in [2.24, 2.45) is 10.9 Å². The van der Waals surface area contributed by atoms with Crippen LogP contribution in [0.3, 0.4) is 0 Å². The number of imide groups is 1. The number of fused-ring (bicyclic) bond motifs is 1. The first-order valence-corrected chi connectivity index (χ1v) is 11.9. The van der Waals surface area contributed by atoms with Crippen molar-refractivity contribution in [3.05, 3.63) is 64.4 Å². The molecule has 3 rings (SSSR count). The van der Waals surface area contributed by atoms with E-state index in [2.05, 4.69) is 4.98 Å². The highest BCUT2D eigenvalue weighted by Gasteiger charge is 2.20. The number of nitrogens with zero attached hydrogens (tertiary/aromatic N) is 2. The zero-order valence-corrected chi connectivity index (χ0v) is 18.7. The van der Waals surface area contributed by atoms with Crippen molar-refractivity contribution in [3.63, 3.8) is 0 Å². The van der Waals surface area contributed by atoms with Gasteiger partial charge in [-0.25, -0.2) is 23.3 Å². The Kier molecular flexibility index (Phi) is 6.96. The molecule has 32 heavy (non-hydrogen) atoms. The standard InChI is InChI=1S/C20H21N5O5S2/c1-12(17(26)24-19(21)28)31-20-23-16-5-3-2-4-15(16)18(27)25(20)11-10-13-6-8-14(9-7-13)32(22,29)30/h2-9,12H,10-11H2,1H3,(H2,22,29,30)(H3,21,24,26,28)/t12-/m1/s1. The Morgan fingerprint density at radius 3 is 2.44 bits per heavy atom. The Balaban J connectivity index is 1.92. The second-order valence-electron chi connectivity index (χ2n) is 6.92. The number of nitrogens with two attached hydrogens (primary N) is 2. The van der Waals surface area contributed by atoms with Crippen LogP contribution in [0.25, 0.3) is 10.9 Å². The molecule has 12 heteroatoms. The van der Waals surface area contributed by atoms with Crippen LogP contribution in [0, 0.1) is 0 Å². The molecule has 0 aliphatic rings. The Bertz CT molecular complexity index is 1340. The molecule has 0 aliphatic carbocycles. The van der Waals surface area contributed by atoms with E-state index >= 15 is 0 Å². The van der Waals surface area contributed by atoms with Crippen molar-refractivity contribution < 1.29 is 18.0 Å². The van der Waals surface area contributed by atoms with Crippen LogP contribution in [0.15, 0.2) is 63.4 Å². The molecule has 0 saturated carbocycles. The number of para-hydroxylation sites is 1. The molecule has 0 bridgehead atoms. The lowest BCUT2D eigenvalue weighted by molar-refractivity contribution is -0.119. The van der Waals surface area contributed by atoms with Gasteiger partial charge in [-0.15, -0.1) is 0 Å². The Hall–Kier alpha value is -3.22. The summed E-state index contributed by atoms with van der Waals surface area (Å²) in [5, 5.41) is 7.13. The number of nitrogens with one attached hydrogen (secondary N) is 1. The number of carbonyl (C=O) groups is 2. The molecule has 1 heterocycles. The molecule has 2 aromatic carbocycles. The van der Waals surface area contributed by atoms with E-state index in [0.29, 0.717) is 22.5 Å². The number of primary amides is 1. The summed E-state index contributed by atoms with van der Waals surface area (Å²) in [4.78, 5) is 40.7. The molecule has 5 N–H and O–H groups in total. The zero-order chi connectivity index (χ0) is 23.5. The van der Waals surface area contributed by atoms with Crippen molar-refractivity contribution >= 4 is 44.6 Å². The van der Waals surface area contributed by atoms with Crippen LogP contribution in [0.4, 0.5) is 4.79 Å². The van der Waals surface area contributed by atoms with Gasteiger partial charge in [0.2, 0.25) is 15.9 Å². The van der Waals surface area contributed by atoms with Gasteiger partial charge in [-0.1, -0.05) is 36.0 Å². The fourth-order valence-electron chi connectivity index (χ4n) is 2.96. The van der Waals surface area contributed by atoms with E-state index < -0.39 is 27.2 Å². The minimum atomic E-state index is -3.79. The monoisotopic (exact) mass is 475 g/mol. The maximum atomic E-state index is 13.1. The second kappa shape index (κ2) is 9.51. The summed E-state index contributed by atoms with van der Waals surface area (Å²) in [6, 6.07) is 11.9. The number of hydrogen-bond donors (Lipinski definition) is 3. The number of thioether (sulfide) groups is 1. The van der Waals surface area contributed by atoms with Crippen LogP contribution in [0.2, 0.25) is 0 Å². The van der Waals surface area contributed by atoms with Gasteiger partial charge in [-0.05, 0) is 43.2 Å². The van der Waals surface area contributed by atoms with Gasteiger partial charge < -0.3 is 5.73 Å².